The molecule has 0 radical (unpaired) electrons. The number of nitrogens with zero attached hydrogens (tertiary/aromatic N) is 2. The number of benzene rings is 1. The Labute approximate surface area is 179 Å². The third-order valence-electron chi connectivity index (χ3n) is 6.15. The average molecular weight is 435 g/mol. The number of aromatic nitrogens is 1. The standard InChI is InChI=1S/C21H24ClFN4O3/c1-27(2)20(29)15-12(24)5-4-10(18(15)23)11-8-25-19-16(17(11)22)21(9-26-19)6-13(28)14(7-21)30-3/h4-5,8,13-14,28H,6-7,9,24H2,1-3H3,(H,25,26)/t13-,14-,21-/m0/s1. The maximum Gasteiger partial charge on any atom is 0.258 e. The second-order valence-electron chi connectivity index (χ2n) is 8.18. The number of nitrogen functional groups attached to an aromatic ring is 1. The van der Waals surface area contributed by atoms with Crippen molar-refractivity contribution in [1.29, 1.82) is 0 Å². The summed E-state index contributed by atoms with van der Waals surface area (Å²) in [7, 11) is 4.63. The molecule has 3 atom stereocenters. The molecule has 9 heteroatoms. The largest absolute Gasteiger partial charge is 0.398 e. The van der Waals surface area contributed by atoms with Crippen LogP contribution in [0.1, 0.15) is 28.8 Å². The Morgan fingerprint density at radius 2 is 2.13 bits per heavy atom. The minimum atomic E-state index is -0.737. The highest BCUT2D eigenvalue weighted by atomic mass is 35.5. The smallest absolute Gasteiger partial charge is 0.258 e. The van der Waals surface area contributed by atoms with Gasteiger partial charge in [-0.3, -0.25) is 4.79 Å². The van der Waals surface area contributed by atoms with Gasteiger partial charge < -0.3 is 25.8 Å². The van der Waals surface area contributed by atoms with Crippen molar-refractivity contribution in [2.75, 3.05) is 38.8 Å². The number of rotatable bonds is 3. The van der Waals surface area contributed by atoms with Gasteiger partial charge in [0.1, 0.15) is 11.6 Å². The highest BCUT2D eigenvalue weighted by Crippen LogP contribution is 2.52. The number of ether oxygens (including phenoxy) is 1. The van der Waals surface area contributed by atoms with E-state index in [9.17, 15) is 9.90 Å². The lowest BCUT2D eigenvalue weighted by molar-refractivity contribution is 0.00973. The van der Waals surface area contributed by atoms with Crippen LogP contribution in [0.4, 0.5) is 15.9 Å². The van der Waals surface area contributed by atoms with E-state index < -0.39 is 23.2 Å². The van der Waals surface area contributed by atoms with E-state index >= 15 is 4.39 Å². The van der Waals surface area contributed by atoms with Crippen LogP contribution in [0.25, 0.3) is 11.1 Å². The van der Waals surface area contributed by atoms with Crippen LogP contribution in [0.15, 0.2) is 18.3 Å². The fourth-order valence-corrected chi connectivity index (χ4v) is 5.04. The predicted molar refractivity (Wildman–Crippen MR) is 113 cm³/mol. The first-order chi connectivity index (χ1) is 14.2. The Bertz CT molecular complexity index is 1030. The first-order valence-electron chi connectivity index (χ1n) is 9.64. The first kappa shape index (κ1) is 20.8. The summed E-state index contributed by atoms with van der Waals surface area (Å²) >= 11 is 6.81. The molecule has 4 N–H and O–H groups in total. The number of methoxy groups -OCH3 is 1. The Morgan fingerprint density at radius 1 is 1.40 bits per heavy atom. The lowest BCUT2D eigenvalue weighted by atomic mass is 9.80. The summed E-state index contributed by atoms with van der Waals surface area (Å²) in [5, 5.41) is 14.0. The fraction of sp³-hybridized carbons (Fsp3) is 0.429. The van der Waals surface area contributed by atoms with Gasteiger partial charge in [0.25, 0.3) is 5.91 Å². The lowest BCUT2D eigenvalue weighted by Gasteiger charge is -2.25. The number of carbonyl (C=O) groups is 1. The number of nitrogens with one attached hydrogen (secondary N) is 1. The minimum absolute atomic E-state index is 0.0557. The van der Waals surface area contributed by atoms with E-state index in [1.807, 2.05) is 0 Å². The fourth-order valence-electron chi connectivity index (χ4n) is 4.60. The van der Waals surface area contributed by atoms with E-state index in [2.05, 4.69) is 10.3 Å². The maximum absolute atomic E-state index is 15.4. The summed E-state index contributed by atoms with van der Waals surface area (Å²) in [6, 6.07) is 3.00. The van der Waals surface area contributed by atoms with Crippen LogP contribution >= 0.6 is 11.6 Å². The molecule has 1 aliphatic carbocycles. The number of amides is 1. The van der Waals surface area contributed by atoms with Gasteiger partial charge in [-0.15, -0.1) is 0 Å². The quantitative estimate of drug-likeness (QED) is 0.642. The molecule has 0 saturated heterocycles. The van der Waals surface area contributed by atoms with Crippen molar-refractivity contribution in [2.45, 2.75) is 30.5 Å². The molecule has 30 heavy (non-hydrogen) atoms. The molecular formula is C21H24ClFN4O3. The van der Waals surface area contributed by atoms with Crippen molar-refractivity contribution in [2.24, 2.45) is 0 Å². The number of nitrogens with two attached hydrogens (primary N) is 1. The lowest BCUT2D eigenvalue weighted by Crippen LogP contribution is -2.26. The monoisotopic (exact) mass is 434 g/mol. The zero-order valence-electron chi connectivity index (χ0n) is 17.0. The van der Waals surface area contributed by atoms with Crippen molar-refractivity contribution in [3.63, 3.8) is 0 Å². The molecule has 7 nitrogen and oxygen atoms in total. The van der Waals surface area contributed by atoms with Gasteiger partial charge in [-0.25, -0.2) is 9.37 Å². The zero-order chi connectivity index (χ0) is 21.8. The number of anilines is 2. The summed E-state index contributed by atoms with van der Waals surface area (Å²) in [5.74, 6) is -0.649. The molecule has 1 aromatic heterocycles. The minimum Gasteiger partial charge on any atom is -0.398 e. The van der Waals surface area contributed by atoms with E-state index in [1.165, 1.54) is 37.3 Å². The predicted octanol–water partition coefficient (Wildman–Crippen LogP) is 2.66. The molecule has 160 valence electrons. The van der Waals surface area contributed by atoms with E-state index in [0.29, 0.717) is 35.8 Å². The third-order valence-corrected chi connectivity index (χ3v) is 6.54. The van der Waals surface area contributed by atoms with Gasteiger partial charge in [0.2, 0.25) is 0 Å². The Balaban J connectivity index is 1.86. The van der Waals surface area contributed by atoms with Crippen LogP contribution in [0.2, 0.25) is 5.02 Å². The molecule has 1 amide bonds. The van der Waals surface area contributed by atoms with Crippen LogP contribution in [0, 0.1) is 5.82 Å². The molecule has 2 aliphatic rings. The van der Waals surface area contributed by atoms with Gasteiger partial charge in [0.15, 0.2) is 0 Å². The molecule has 1 aromatic carbocycles. The number of halogens is 2. The van der Waals surface area contributed by atoms with Gasteiger partial charge in [0, 0.05) is 61.7 Å². The van der Waals surface area contributed by atoms with Gasteiger partial charge in [-0.1, -0.05) is 11.6 Å². The maximum atomic E-state index is 15.4. The van der Waals surface area contributed by atoms with Crippen LogP contribution in [-0.4, -0.2) is 60.9 Å². The van der Waals surface area contributed by atoms with Crippen LogP contribution in [-0.2, 0) is 10.2 Å². The number of fused-ring (bicyclic) bond motifs is 2. The molecule has 1 fully saturated rings. The van der Waals surface area contributed by atoms with E-state index in [1.54, 1.807) is 7.11 Å². The summed E-state index contributed by atoms with van der Waals surface area (Å²) in [6.07, 6.45) is 1.59. The van der Waals surface area contributed by atoms with Crippen molar-refractivity contribution in [1.82, 2.24) is 9.88 Å². The Hall–Kier alpha value is -2.42. The summed E-state index contributed by atoms with van der Waals surface area (Å²) in [5.41, 5.74) is 6.56. The number of hydrogen-bond acceptors (Lipinski definition) is 6. The molecule has 1 spiro atoms. The molecule has 1 saturated carbocycles. The van der Waals surface area contributed by atoms with E-state index in [4.69, 9.17) is 22.1 Å². The average Bonchev–Trinajstić information content (AvgIpc) is 3.22. The van der Waals surface area contributed by atoms with E-state index in [0.717, 1.165) is 5.56 Å². The van der Waals surface area contributed by atoms with Gasteiger partial charge in [-0.05, 0) is 25.0 Å². The number of hydrogen-bond donors (Lipinski definition) is 3. The summed E-state index contributed by atoms with van der Waals surface area (Å²) < 4.78 is 20.8. The molecule has 2 aromatic rings. The van der Waals surface area contributed by atoms with Crippen molar-refractivity contribution in [3.8, 4) is 11.1 Å². The molecule has 0 bridgehead atoms. The van der Waals surface area contributed by atoms with Crippen molar-refractivity contribution >= 4 is 29.0 Å². The van der Waals surface area contributed by atoms with E-state index in [-0.39, 0.29) is 22.9 Å². The number of aliphatic hydroxyl groups excluding tert-OH is 1. The van der Waals surface area contributed by atoms with Gasteiger partial charge in [0.05, 0.1) is 22.8 Å². The number of aliphatic hydroxyl groups is 1. The Morgan fingerprint density at radius 3 is 2.77 bits per heavy atom. The molecule has 2 heterocycles. The molecular weight excluding hydrogens is 411 g/mol. The third kappa shape index (κ3) is 3.02. The van der Waals surface area contributed by atoms with Gasteiger partial charge in [-0.2, -0.15) is 0 Å². The topological polar surface area (TPSA) is 101 Å². The highest BCUT2D eigenvalue weighted by Gasteiger charge is 2.51. The van der Waals surface area contributed by atoms with Gasteiger partial charge >= 0.3 is 0 Å². The van der Waals surface area contributed by atoms with Crippen LogP contribution in [0.5, 0.6) is 0 Å². The van der Waals surface area contributed by atoms with Crippen molar-refractivity contribution in [3.05, 3.63) is 40.3 Å². The summed E-state index contributed by atoms with van der Waals surface area (Å²) in [4.78, 5) is 18.2. The summed E-state index contributed by atoms with van der Waals surface area (Å²) in [6.45, 7) is 0.560. The normalized spacial score (nSPS) is 24.7. The van der Waals surface area contributed by atoms with Crippen LogP contribution in [0.3, 0.4) is 0 Å². The molecule has 4 rings (SSSR count). The zero-order valence-corrected chi connectivity index (χ0v) is 17.8. The second-order valence-corrected chi connectivity index (χ2v) is 8.56. The highest BCUT2D eigenvalue weighted by molar-refractivity contribution is 6.34. The second kappa shape index (κ2) is 7.37. The molecule has 1 aliphatic heterocycles. The number of carbonyl (C=O) groups excluding carboxylic acids is 1. The van der Waals surface area contributed by atoms with Crippen LogP contribution < -0.4 is 11.1 Å². The SMILES string of the molecule is CO[C@H]1C[C@]2(CNc3ncc(-c4ccc(N)c(C(=O)N(C)C)c4F)c(Cl)c32)C[C@@H]1O. The Kier molecular flexibility index (Phi) is 5.12. The first-order valence-corrected chi connectivity index (χ1v) is 10.0. The van der Waals surface area contributed by atoms with Crippen molar-refractivity contribution < 1.29 is 19.0 Å². The molecule has 0 unspecified atom stereocenters. The number of pyridine rings is 1.